The second-order valence-electron chi connectivity index (χ2n) is 7.11. The molecule has 3 heterocycles. The van der Waals surface area contributed by atoms with Gasteiger partial charge < -0.3 is 10.7 Å². The molecule has 0 radical (unpaired) electrons. The van der Waals surface area contributed by atoms with Crippen molar-refractivity contribution in [1.82, 2.24) is 29.7 Å². The molecule has 8 nitrogen and oxygen atoms in total. The van der Waals surface area contributed by atoms with E-state index in [1.165, 1.54) is 6.21 Å². The molecule has 0 aromatic carbocycles. The lowest BCUT2D eigenvalue weighted by Crippen LogP contribution is -2.35. The fourth-order valence-electron chi connectivity index (χ4n) is 3.54. The Hall–Kier alpha value is -3.47. The van der Waals surface area contributed by atoms with E-state index < -0.39 is 0 Å². The lowest BCUT2D eigenvalue weighted by molar-refractivity contribution is 0.133. The van der Waals surface area contributed by atoms with Gasteiger partial charge in [-0.25, -0.2) is 9.50 Å². The third kappa shape index (κ3) is 2.87. The molecule has 0 amide bonds. The van der Waals surface area contributed by atoms with Crippen molar-refractivity contribution in [2.45, 2.75) is 25.8 Å². The van der Waals surface area contributed by atoms with Crippen LogP contribution in [0.4, 0.5) is 0 Å². The Morgan fingerprint density at radius 2 is 2.22 bits per heavy atom. The van der Waals surface area contributed by atoms with Crippen molar-refractivity contribution in [3.63, 3.8) is 0 Å². The van der Waals surface area contributed by atoms with Gasteiger partial charge in [-0.15, -0.1) is 0 Å². The zero-order valence-electron chi connectivity index (χ0n) is 15.2. The minimum atomic E-state index is -0.246. The van der Waals surface area contributed by atoms with Gasteiger partial charge in [0.05, 0.1) is 53.0 Å². The van der Waals surface area contributed by atoms with Crippen LogP contribution in [0.3, 0.4) is 0 Å². The van der Waals surface area contributed by atoms with Crippen molar-refractivity contribution in [2.75, 3.05) is 7.05 Å². The summed E-state index contributed by atoms with van der Waals surface area (Å²) in [5.41, 5.74) is 3.60. The second-order valence-corrected chi connectivity index (χ2v) is 7.11. The highest BCUT2D eigenvalue weighted by Crippen LogP contribution is 2.47. The molecule has 136 valence electrons. The van der Waals surface area contributed by atoms with Crippen LogP contribution in [0.15, 0.2) is 37.1 Å². The van der Waals surface area contributed by atoms with E-state index >= 15 is 0 Å². The van der Waals surface area contributed by atoms with Gasteiger partial charge in [-0.1, -0.05) is 0 Å². The zero-order chi connectivity index (χ0) is 19.0. The van der Waals surface area contributed by atoms with Crippen molar-refractivity contribution in [2.24, 2.45) is 5.41 Å². The molecule has 0 bridgehead atoms. The van der Waals surface area contributed by atoms with Crippen molar-refractivity contribution < 1.29 is 0 Å². The first-order chi connectivity index (χ1) is 13.1. The maximum Gasteiger partial charge on any atom is 0.0999 e. The predicted octanol–water partition coefficient (Wildman–Crippen LogP) is 2.67. The van der Waals surface area contributed by atoms with Crippen LogP contribution in [-0.4, -0.2) is 37.6 Å². The molecule has 3 aromatic rings. The van der Waals surface area contributed by atoms with Crippen LogP contribution in [0.5, 0.6) is 0 Å². The van der Waals surface area contributed by atoms with E-state index in [0.717, 1.165) is 29.6 Å². The van der Waals surface area contributed by atoms with Gasteiger partial charge in [0.15, 0.2) is 0 Å². The molecule has 27 heavy (non-hydrogen) atoms. The van der Waals surface area contributed by atoms with Crippen LogP contribution in [0.25, 0.3) is 22.3 Å². The molecule has 1 saturated carbocycles. The molecule has 4 rings (SSSR count). The van der Waals surface area contributed by atoms with Crippen LogP contribution in [0.2, 0.25) is 0 Å². The molecule has 1 aliphatic carbocycles. The summed E-state index contributed by atoms with van der Waals surface area (Å²) in [6, 6.07) is 4.53. The van der Waals surface area contributed by atoms with Crippen LogP contribution < -0.4 is 5.32 Å². The molecule has 0 saturated heterocycles. The normalized spacial score (nSPS) is 22.3. The smallest absolute Gasteiger partial charge is 0.0999 e. The Morgan fingerprint density at radius 3 is 2.93 bits per heavy atom. The summed E-state index contributed by atoms with van der Waals surface area (Å²) < 4.78 is 3.69. The van der Waals surface area contributed by atoms with Gasteiger partial charge >= 0.3 is 0 Å². The highest BCUT2D eigenvalue weighted by molar-refractivity contribution is 6.07. The average Bonchev–Trinajstić information content (AvgIpc) is 3.31. The van der Waals surface area contributed by atoms with Gasteiger partial charge in [-0.2, -0.15) is 15.5 Å². The van der Waals surface area contributed by atoms with E-state index in [1.54, 1.807) is 30.2 Å². The number of hydrogen-bond donors (Lipinski definition) is 2. The summed E-state index contributed by atoms with van der Waals surface area (Å²) in [4.78, 5) is 4.77. The standard InChI is InChI=1S/C19H20N8/c1-19(12-21)5-15(6-19)26-10-14(9-24-26)18-17-3-4-23-27(17)11-16(25-18)13(7-20)8-22-2/h3-4,7-11,15,20,22H,5-6H2,1-2H3/b13-8+,20-7?. The Balaban J connectivity index is 1.74. The Bertz CT molecular complexity index is 1070. The van der Waals surface area contributed by atoms with E-state index in [-0.39, 0.29) is 11.5 Å². The summed E-state index contributed by atoms with van der Waals surface area (Å²) in [5.74, 6) is 0. The molecule has 2 N–H and O–H groups in total. The van der Waals surface area contributed by atoms with E-state index in [2.05, 4.69) is 21.6 Å². The third-order valence-electron chi connectivity index (χ3n) is 5.03. The molecular formula is C19H20N8. The number of fused-ring (bicyclic) bond motifs is 1. The summed E-state index contributed by atoms with van der Waals surface area (Å²) in [6.07, 6.45) is 11.9. The lowest BCUT2D eigenvalue weighted by atomic mass is 9.68. The first kappa shape index (κ1) is 17.0. The molecule has 3 aromatic heterocycles. The van der Waals surface area contributed by atoms with Crippen LogP contribution >= 0.6 is 0 Å². The monoisotopic (exact) mass is 360 g/mol. The SMILES string of the molecule is CN/C=C(\C=N)c1cn2nccc2c(-c2cnn(C3CC(C)(C#N)C3)c2)n1. The Labute approximate surface area is 156 Å². The number of hydrogen-bond acceptors (Lipinski definition) is 6. The van der Waals surface area contributed by atoms with Gasteiger partial charge in [0.1, 0.15) is 0 Å². The number of rotatable bonds is 5. The average molecular weight is 360 g/mol. The number of nitrogens with zero attached hydrogens (tertiary/aromatic N) is 6. The third-order valence-corrected chi connectivity index (χ3v) is 5.03. The fourth-order valence-corrected chi connectivity index (χ4v) is 3.54. The van der Waals surface area contributed by atoms with Gasteiger partial charge in [-0.3, -0.25) is 4.68 Å². The maximum absolute atomic E-state index is 9.21. The minimum absolute atomic E-state index is 0.244. The van der Waals surface area contributed by atoms with Crippen molar-refractivity contribution in [3.05, 3.63) is 42.7 Å². The van der Waals surface area contributed by atoms with Crippen LogP contribution in [0, 0.1) is 22.2 Å². The molecule has 1 aliphatic rings. The molecule has 0 unspecified atom stereocenters. The van der Waals surface area contributed by atoms with E-state index in [0.29, 0.717) is 11.3 Å². The molecular weight excluding hydrogens is 340 g/mol. The molecule has 0 aliphatic heterocycles. The first-order valence-electron chi connectivity index (χ1n) is 8.75. The number of allylic oxidation sites excluding steroid dienone is 1. The summed E-state index contributed by atoms with van der Waals surface area (Å²) in [7, 11) is 1.79. The quantitative estimate of drug-likeness (QED) is 0.680. The summed E-state index contributed by atoms with van der Waals surface area (Å²) in [5, 5.41) is 28.6. The van der Waals surface area contributed by atoms with Gasteiger partial charge in [0, 0.05) is 36.8 Å². The maximum atomic E-state index is 9.21. The molecule has 1 fully saturated rings. The first-order valence-corrected chi connectivity index (χ1v) is 8.75. The molecule has 0 spiro atoms. The lowest BCUT2D eigenvalue weighted by Gasteiger charge is -2.39. The summed E-state index contributed by atoms with van der Waals surface area (Å²) >= 11 is 0. The van der Waals surface area contributed by atoms with Gasteiger partial charge in [0.25, 0.3) is 0 Å². The van der Waals surface area contributed by atoms with Crippen molar-refractivity contribution >= 4 is 17.3 Å². The number of nitrogens with one attached hydrogen (secondary N) is 2. The highest BCUT2D eigenvalue weighted by atomic mass is 15.3. The van der Waals surface area contributed by atoms with E-state index in [9.17, 15) is 5.26 Å². The minimum Gasteiger partial charge on any atom is -0.393 e. The summed E-state index contributed by atoms with van der Waals surface area (Å²) in [6.45, 7) is 1.99. The Morgan fingerprint density at radius 1 is 1.41 bits per heavy atom. The second kappa shape index (κ2) is 6.36. The zero-order valence-corrected chi connectivity index (χ0v) is 15.2. The van der Waals surface area contributed by atoms with Crippen molar-refractivity contribution in [1.29, 1.82) is 10.7 Å². The van der Waals surface area contributed by atoms with E-state index in [1.807, 2.05) is 30.1 Å². The number of nitriles is 1. The van der Waals surface area contributed by atoms with Crippen molar-refractivity contribution in [3.8, 4) is 17.3 Å². The van der Waals surface area contributed by atoms with E-state index in [4.69, 9.17) is 10.4 Å². The predicted molar refractivity (Wildman–Crippen MR) is 102 cm³/mol. The van der Waals surface area contributed by atoms with Gasteiger partial charge in [-0.05, 0) is 25.8 Å². The molecule has 0 atom stereocenters. The fraction of sp³-hybridized carbons (Fsp3) is 0.316. The number of aromatic nitrogens is 5. The topological polar surface area (TPSA) is 108 Å². The Kier molecular flexibility index (Phi) is 4.00. The van der Waals surface area contributed by atoms with Crippen LogP contribution in [-0.2, 0) is 0 Å². The largest absolute Gasteiger partial charge is 0.393 e. The molecule has 8 heteroatoms. The van der Waals surface area contributed by atoms with Crippen LogP contribution in [0.1, 0.15) is 31.5 Å². The highest BCUT2D eigenvalue weighted by Gasteiger charge is 2.42. The van der Waals surface area contributed by atoms with Gasteiger partial charge in [0.2, 0.25) is 0 Å².